The summed E-state index contributed by atoms with van der Waals surface area (Å²) in [7, 11) is 0. The molecule has 1 aliphatic heterocycles. The zero-order valence-corrected chi connectivity index (χ0v) is 9.93. The van der Waals surface area contributed by atoms with Crippen LogP contribution in [0.5, 0.6) is 0 Å². The lowest BCUT2D eigenvalue weighted by Gasteiger charge is -2.26. The lowest BCUT2D eigenvalue weighted by Crippen LogP contribution is -2.37. The van der Waals surface area contributed by atoms with Gasteiger partial charge in [0, 0.05) is 19.6 Å². The lowest BCUT2D eigenvalue weighted by atomic mass is 10.3. The molecule has 1 aromatic heterocycles. The van der Waals surface area contributed by atoms with Gasteiger partial charge in [-0.15, -0.1) is 10.2 Å². The minimum atomic E-state index is 0.448. The molecule has 6 nitrogen and oxygen atoms in total. The Morgan fingerprint density at radius 2 is 2.12 bits per heavy atom. The summed E-state index contributed by atoms with van der Waals surface area (Å²) >= 11 is 0. The average molecular weight is 237 g/mol. The highest BCUT2D eigenvalue weighted by molar-refractivity contribution is 5.38. The van der Waals surface area contributed by atoms with Crippen LogP contribution >= 0.6 is 0 Å². The number of hydrogen-bond acceptors (Lipinski definition) is 6. The van der Waals surface area contributed by atoms with Crippen molar-refractivity contribution in [2.24, 2.45) is 0 Å². The van der Waals surface area contributed by atoms with Gasteiger partial charge in [0.15, 0.2) is 0 Å². The van der Waals surface area contributed by atoms with Crippen LogP contribution in [0.3, 0.4) is 0 Å². The largest absolute Gasteiger partial charge is 0.382 e. The van der Waals surface area contributed by atoms with E-state index >= 15 is 0 Å². The molecule has 0 atom stereocenters. The summed E-state index contributed by atoms with van der Waals surface area (Å²) in [6.07, 6.45) is 1.09. The maximum Gasteiger partial charge on any atom is 0.148 e. The molecule has 0 spiro atoms. The quantitative estimate of drug-likeness (QED) is 0.712. The zero-order valence-electron chi connectivity index (χ0n) is 9.93. The molecule has 1 saturated heterocycles. The van der Waals surface area contributed by atoms with Gasteiger partial charge in [-0.2, -0.15) is 0 Å². The maximum atomic E-state index is 5.46. The van der Waals surface area contributed by atoms with E-state index in [0.29, 0.717) is 5.82 Å². The van der Waals surface area contributed by atoms with Crippen molar-refractivity contribution >= 4 is 11.6 Å². The third kappa shape index (κ3) is 4.16. The fourth-order valence-corrected chi connectivity index (χ4v) is 1.78. The van der Waals surface area contributed by atoms with Crippen molar-refractivity contribution in [3.8, 4) is 0 Å². The Bertz CT molecular complexity index is 323. The Labute approximate surface area is 101 Å². The predicted molar refractivity (Wildman–Crippen MR) is 66.8 cm³/mol. The molecule has 1 aliphatic rings. The van der Waals surface area contributed by atoms with Gasteiger partial charge < -0.3 is 15.8 Å². The third-order valence-corrected chi connectivity index (χ3v) is 2.75. The van der Waals surface area contributed by atoms with Gasteiger partial charge in [0.1, 0.15) is 11.6 Å². The van der Waals surface area contributed by atoms with E-state index in [2.05, 4.69) is 20.4 Å². The molecular weight excluding hydrogens is 218 g/mol. The van der Waals surface area contributed by atoms with Gasteiger partial charge in [-0.1, -0.05) is 0 Å². The van der Waals surface area contributed by atoms with Gasteiger partial charge in [0.2, 0.25) is 0 Å². The van der Waals surface area contributed by atoms with Crippen molar-refractivity contribution in [1.29, 1.82) is 0 Å². The summed E-state index contributed by atoms with van der Waals surface area (Å²) in [6, 6.07) is 3.59. The molecule has 0 bridgehead atoms. The molecule has 17 heavy (non-hydrogen) atoms. The highest BCUT2D eigenvalue weighted by atomic mass is 16.5. The predicted octanol–water partition coefficient (Wildman–Crippen LogP) is 0.193. The molecule has 0 amide bonds. The Kier molecular flexibility index (Phi) is 4.52. The second-order valence-corrected chi connectivity index (χ2v) is 4.08. The van der Waals surface area contributed by atoms with Crippen molar-refractivity contribution in [1.82, 2.24) is 15.1 Å². The first-order valence-corrected chi connectivity index (χ1v) is 5.98. The second-order valence-electron chi connectivity index (χ2n) is 4.08. The molecule has 0 unspecified atom stereocenters. The van der Waals surface area contributed by atoms with Crippen LogP contribution in [0.2, 0.25) is 0 Å². The number of anilines is 2. The van der Waals surface area contributed by atoms with Crippen molar-refractivity contribution in [2.75, 3.05) is 50.4 Å². The fourth-order valence-electron chi connectivity index (χ4n) is 1.78. The van der Waals surface area contributed by atoms with Crippen LogP contribution in [0, 0.1) is 0 Å². The first kappa shape index (κ1) is 12.1. The third-order valence-electron chi connectivity index (χ3n) is 2.75. The van der Waals surface area contributed by atoms with Gasteiger partial charge in [0.25, 0.3) is 0 Å². The number of hydrogen-bond donors (Lipinski definition) is 2. The average Bonchev–Trinajstić information content (AvgIpc) is 2.38. The van der Waals surface area contributed by atoms with Crippen LogP contribution in [-0.4, -0.2) is 54.5 Å². The summed E-state index contributed by atoms with van der Waals surface area (Å²) in [6.45, 7) is 5.80. The molecule has 0 aromatic carbocycles. The number of nitrogens with zero attached hydrogens (tertiary/aromatic N) is 3. The molecule has 0 aliphatic carbocycles. The molecule has 0 saturated carbocycles. The minimum absolute atomic E-state index is 0.448. The monoisotopic (exact) mass is 237 g/mol. The Balaban J connectivity index is 1.60. The van der Waals surface area contributed by atoms with E-state index in [-0.39, 0.29) is 0 Å². The van der Waals surface area contributed by atoms with Gasteiger partial charge in [0.05, 0.1) is 13.2 Å². The minimum Gasteiger partial charge on any atom is -0.382 e. The number of nitrogens with one attached hydrogen (secondary N) is 1. The smallest absolute Gasteiger partial charge is 0.148 e. The van der Waals surface area contributed by atoms with Crippen LogP contribution in [0.15, 0.2) is 12.1 Å². The first-order chi connectivity index (χ1) is 8.34. The molecule has 94 valence electrons. The highest BCUT2D eigenvalue weighted by Crippen LogP contribution is 2.03. The van der Waals surface area contributed by atoms with Crippen LogP contribution in [0.25, 0.3) is 0 Å². The topological polar surface area (TPSA) is 76.3 Å². The summed E-state index contributed by atoms with van der Waals surface area (Å²) < 4.78 is 5.30. The maximum absolute atomic E-state index is 5.46. The van der Waals surface area contributed by atoms with E-state index in [1.165, 1.54) is 0 Å². The Morgan fingerprint density at radius 1 is 1.29 bits per heavy atom. The normalized spacial score (nSPS) is 16.9. The SMILES string of the molecule is Nc1ccc(NCCCN2CCOCC2)nn1. The number of morpholine rings is 1. The standard InChI is InChI=1S/C11H19N5O/c12-10-2-3-11(15-14-10)13-4-1-5-16-6-8-17-9-7-16/h2-3H,1,4-9H2,(H2,12,14)(H,13,15). The molecule has 3 N–H and O–H groups in total. The van der Waals surface area contributed by atoms with Crippen molar-refractivity contribution in [2.45, 2.75) is 6.42 Å². The van der Waals surface area contributed by atoms with E-state index in [1.54, 1.807) is 6.07 Å². The number of ether oxygens (including phenoxy) is 1. The molecule has 0 radical (unpaired) electrons. The molecule has 2 rings (SSSR count). The summed E-state index contributed by atoms with van der Waals surface area (Å²) in [5, 5.41) is 11.0. The number of nitrogen functional groups attached to an aromatic ring is 1. The number of nitrogens with two attached hydrogens (primary N) is 1. The highest BCUT2D eigenvalue weighted by Gasteiger charge is 2.08. The molecule has 1 aromatic rings. The van der Waals surface area contributed by atoms with Crippen LogP contribution in [0.1, 0.15) is 6.42 Å². The van der Waals surface area contributed by atoms with Crippen molar-refractivity contribution < 1.29 is 4.74 Å². The van der Waals surface area contributed by atoms with Crippen LogP contribution in [0.4, 0.5) is 11.6 Å². The molecule has 1 fully saturated rings. The van der Waals surface area contributed by atoms with Gasteiger partial charge in [-0.3, -0.25) is 4.90 Å². The second kappa shape index (κ2) is 6.36. The van der Waals surface area contributed by atoms with Crippen LogP contribution < -0.4 is 11.1 Å². The zero-order chi connectivity index (χ0) is 11.9. The first-order valence-electron chi connectivity index (χ1n) is 5.98. The van der Waals surface area contributed by atoms with Gasteiger partial charge in [-0.05, 0) is 25.1 Å². The molecule has 2 heterocycles. The van der Waals surface area contributed by atoms with Gasteiger partial charge in [-0.25, -0.2) is 0 Å². The van der Waals surface area contributed by atoms with E-state index < -0.39 is 0 Å². The van der Waals surface area contributed by atoms with E-state index in [0.717, 1.165) is 51.6 Å². The number of rotatable bonds is 5. The van der Waals surface area contributed by atoms with Gasteiger partial charge >= 0.3 is 0 Å². The van der Waals surface area contributed by atoms with Crippen LogP contribution in [-0.2, 0) is 4.74 Å². The Hall–Kier alpha value is -1.40. The molecule has 6 heteroatoms. The van der Waals surface area contributed by atoms with E-state index in [1.807, 2.05) is 6.07 Å². The summed E-state index contributed by atoms with van der Waals surface area (Å²) in [5.41, 5.74) is 5.46. The Morgan fingerprint density at radius 3 is 2.82 bits per heavy atom. The molecular formula is C11H19N5O. The van der Waals surface area contributed by atoms with E-state index in [4.69, 9.17) is 10.5 Å². The lowest BCUT2D eigenvalue weighted by molar-refractivity contribution is 0.0378. The van der Waals surface area contributed by atoms with Crippen molar-refractivity contribution in [3.63, 3.8) is 0 Å². The summed E-state index contributed by atoms with van der Waals surface area (Å²) in [4.78, 5) is 2.42. The fraction of sp³-hybridized carbons (Fsp3) is 0.636. The van der Waals surface area contributed by atoms with E-state index in [9.17, 15) is 0 Å². The number of aromatic nitrogens is 2. The van der Waals surface area contributed by atoms with Crippen molar-refractivity contribution in [3.05, 3.63) is 12.1 Å². The summed E-state index contributed by atoms with van der Waals surface area (Å²) in [5.74, 6) is 1.23.